The van der Waals surface area contributed by atoms with Crippen LogP contribution in [0.15, 0.2) is 65.8 Å². The summed E-state index contributed by atoms with van der Waals surface area (Å²) in [6, 6.07) is 20.1. The maximum absolute atomic E-state index is 12.8. The van der Waals surface area contributed by atoms with Crippen LogP contribution in [-0.2, 0) is 0 Å². The van der Waals surface area contributed by atoms with Crippen LogP contribution in [0, 0.1) is 27.7 Å². The van der Waals surface area contributed by atoms with Gasteiger partial charge in [-0.25, -0.2) is 5.43 Å². The van der Waals surface area contributed by atoms with Gasteiger partial charge < -0.3 is 9.30 Å². The fourth-order valence-electron chi connectivity index (χ4n) is 3.97. The monoisotopic (exact) mass is 425 g/mol. The number of hydrazone groups is 1. The second-order valence-corrected chi connectivity index (χ2v) is 8.03. The molecular weight excluding hydrogens is 398 g/mol. The SMILES string of the molecule is COc1cc2ccccc2cc1C(=O)NN=Cc1cc(C)n(-c2ccc(C)c(C)c2)c1C. The molecule has 5 nitrogen and oxygen atoms in total. The quantitative estimate of drug-likeness (QED) is 0.332. The van der Waals surface area contributed by atoms with Gasteiger partial charge in [-0.05, 0) is 79.9 Å². The van der Waals surface area contributed by atoms with Gasteiger partial charge >= 0.3 is 0 Å². The van der Waals surface area contributed by atoms with E-state index >= 15 is 0 Å². The molecule has 0 saturated carbocycles. The van der Waals surface area contributed by atoms with Gasteiger partial charge in [0.25, 0.3) is 5.91 Å². The largest absolute Gasteiger partial charge is 0.496 e. The first-order valence-electron chi connectivity index (χ1n) is 10.6. The van der Waals surface area contributed by atoms with Crippen molar-refractivity contribution in [3.63, 3.8) is 0 Å². The normalized spacial score (nSPS) is 11.3. The first-order valence-corrected chi connectivity index (χ1v) is 10.6. The van der Waals surface area contributed by atoms with E-state index in [-0.39, 0.29) is 5.91 Å². The minimum absolute atomic E-state index is 0.313. The fourth-order valence-corrected chi connectivity index (χ4v) is 3.97. The van der Waals surface area contributed by atoms with Gasteiger partial charge in [0.15, 0.2) is 0 Å². The third kappa shape index (κ3) is 4.02. The number of ether oxygens (including phenoxy) is 1. The van der Waals surface area contributed by atoms with Crippen LogP contribution in [0.1, 0.15) is 38.4 Å². The molecule has 0 unspecified atom stereocenters. The molecule has 0 aliphatic heterocycles. The Bertz CT molecular complexity index is 1350. The Kier molecular flexibility index (Phi) is 5.82. The van der Waals surface area contributed by atoms with Crippen LogP contribution in [-0.4, -0.2) is 23.8 Å². The molecule has 4 aromatic rings. The molecular formula is C27H27N3O2. The lowest BCUT2D eigenvalue weighted by Crippen LogP contribution is -2.18. The Morgan fingerprint density at radius 1 is 0.938 bits per heavy atom. The van der Waals surface area contributed by atoms with Gasteiger partial charge in [0, 0.05) is 22.6 Å². The van der Waals surface area contributed by atoms with E-state index in [0.29, 0.717) is 11.3 Å². The average Bonchev–Trinajstić information content (AvgIpc) is 3.07. The molecule has 0 atom stereocenters. The number of methoxy groups -OCH3 is 1. The van der Waals surface area contributed by atoms with E-state index in [0.717, 1.165) is 33.4 Å². The standard InChI is InChI=1S/C27H27N3O2/c1-17-10-11-24(12-18(17)2)30-19(3)13-23(20(30)4)16-28-29-27(31)25-14-21-8-6-7-9-22(21)15-26(25)32-5/h6-16H,1-5H3,(H,29,31). The summed E-state index contributed by atoms with van der Waals surface area (Å²) in [5, 5.41) is 6.21. The van der Waals surface area contributed by atoms with Gasteiger partial charge in [-0.3, -0.25) is 4.79 Å². The topological polar surface area (TPSA) is 55.6 Å². The molecule has 3 aromatic carbocycles. The van der Waals surface area contributed by atoms with Crippen molar-refractivity contribution in [2.75, 3.05) is 7.11 Å². The van der Waals surface area contributed by atoms with E-state index in [1.807, 2.05) is 36.4 Å². The third-order valence-corrected chi connectivity index (χ3v) is 5.90. The van der Waals surface area contributed by atoms with Gasteiger partial charge in [0.1, 0.15) is 5.75 Å². The highest BCUT2D eigenvalue weighted by atomic mass is 16.5. The van der Waals surface area contributed by atoms with E-state index in [1.165, 1.54) is 11.1 Å². The van der Waals surface area contributed by atoms with Crippen molar-refractivity contribution < 1.29 is 9.53 Å². The van der Waals surface area contributed by atoms with Crippen molar-refractivity contribution >= 4 is 22.9 Å². The van der Waals surface area contributed by atoms with Crippen molar-refractivity contribution in [1.82, 2.24) is 9.99 Å². The number of aromatic nitrogens is 1. The number of benzene rings is 3. The second-order valence-electron chi connectivity index (χ2n) is 8.03. The number of amides is 1. The van der Waals surface area contributed by atoms with Crippen LogP contribution in [0.2, 0.25) is 0 Å². The zero-order valence-corrected chi connectivity index (χ0v) is 19.1. The summed E-state index contributed by atoms with van der Waals surface area (Å²) < 4.78 is 7.62. The molecule has 0 fully saturated rings. The van der Waals surface area contributed by atoms with Crippen molar-refractivity contribution in [2.24, 2.45) is 5.10 Å². The van der Waals surface area contributed by atoms with Crippen LogP contribution < -0.4 is 10.2 Å². The molecule has 4 rings (SSSR count). The summed E-state index contributed by atoms with van der Waals surface area (Å²) in [5.41, 5.74) is 9.85. The predicted octanol–water partition coefficient (Wildman–Crippen LogP) is 5.64. The maximum atomic E-state index is 12.8. The van der Waals surface area contributed by atoms with Crippen LogP contribution in [0.4, 0.5) is 0 Å². The van der Waals surface area contributed by atoms with Crippen molar-refractivity contribution in [2.45, 2.75) is 27.7 Å². The Morgan fingerprint density at radius 2 is 1.66 bits per heavy atom. The van der Waals surface area contributed by atoms with Gasteiger partial charge in [0.05, 0.1) is 18.9 Å². The number of nitrogens with one attached hydrogen (secondary N) is 1. The first-order chi connectivity index (χ1) is 15.4. The molecule has 0 aliphatic carbocycles. The average molecular weight is 426 g/mol. The molecule has 1 N–H and O–H groups in total. The van der Waals surface area contributed by atoms with E-state index < -0.39 is 0 Å². The van der Waals surface area contributed by atoms with Crippen molar-refractivity contribution in [3.8, 4) is 11.4 Å². The number of hydrogen-bond acceptors (Lipinski definition) is 3. The van der Waals surface area contributed by atoms with E-state index in [4.69, 9.17) is 4.74 Å². The van der Waals surface area contributed by atoms with E-state index in [1.54, 1.807) is 13.3 Å². The number of aryl methyl sites for hydroxylation is 3. The van der Waals surface area contributed by atoms with Gasteiger partial charge in [-0.2, -0.15) is 5.10 Å². The van der Waals surface area contributed by atoms with Gasteiger partial charge in [0.2, 0.25) is 0 Å². The number of carbonyl (C=O) groups is 1. The Morgan fingerprint density at radius 3 is 2.34 bits per heavy atom. The summed E-state index contributed by atoms with van der Waals surface area (Å²) in [6.07, 6.45) is 1.69. The van der Waals surface area contributed by atoms with Crippen molar-refractivity contribution in [1.29, 1.82) is 0 Å². The molecule has 1 aromatic heterocycles. The molecule has 1 heterocycles. The molecule has 162 valence electrons. The summed E-state index contributed by atoms with van der Waals surface area (Å²) in [5.74, 6) is 0.205. The van der Waals surface area contributed by atoms with Crippen LogP contribution >= 0.6 is 0 Å². The van der Waals surface area contributed by atoms with Crippen LogP contribution in [0.3, 0.4) is 0 Å². The lowest BCUT2D eigenvalue weighted by atomic mass is 10.1. The Hall–Kier alpha value is -3.86. The summed E-state index contributed by atoms with van der Waals surface area (Å²) in [6.45, 7) is 8.35. The van der Waals surface area contributed by atoms with Crippen LogP contribution in [0.25, 0.3) is 16.5 Å². The molecule has 0 aliphatic rings. The highest BCUT2D eigenvalue weighted by Crippen LogP contribution is 2.26. The van der Waals surface area contributed by atoms with E-state index in [2.05, 4.69) is 67.1 Å². The molecule has 0 spiro atoms. The Labute approximate surface area is 188 Å². The zero-order valence-electron chi connectivity index (χ0n) is 19.1. The van der Waals surface area contributed by atoms with Crippen LogP contribution in [0.5, 0.6) is 5.75 Å². The summed E-state index contributed by atoms with van der Waals surface area (Å²) in [7, 11) is 1.56. The number of hydrogen-bond donors (Lipinski definition) is 1. The van der Waals surface area contributed by atoms with Gasteiger partial charge in [-0.15, -0.1) is 0 Å². The zero-order chi connectivity index (χ0) is 22.8. The van der Waals surface area contributed by atoms with Crippen molar-refractivity contribution in [3.05, 3.63) is 94.3 Å². The third-order valence-electron chi connectivity index (χ3n) is 5.90. The molecule has 0 saturated heterocycles. The number of nitrogens with zero attached hydrogens (tertiary/aromatic N) is 2. The highest BCUT2D eigenvalue weighted by molar-refractivity contribution is 6.02. The first kappa shape index (κ1) is 21.4. The number of rotatable bonds is 5. The molecule has 0 radical (unpaired) electrons. The van der Waals surface area contributed by atoms with E-state index in [9.17, 15) is 4.79 Å². The second kappa shape index (κ2) is 8.71. The smallest absolute Gasteiger partial charge is 0.275 e. The lowest BCUT2D eigenvalue weighted by molar-refractivity contribution is 0.0952. The minimum atomic E-state index is -0.313. The molecule has 32 heavy (non-hydrogen) atoms. The molecule has 1 amide bonds. The fraction of sp³-hybridized carbons (Fsp3) is 0.185. The summed E-state index contributed by atoms with van der Waals surface area (Å²) in [4.78, 5) is 12.8. The minimum Gasteiger partial charge on any atom is -0.496 e. The molecule has 5 heteroatoms. The Balaban J connectivity index is 1.58. The maximum Gasteiger partial charge on any atom is 0.275 e. The number of carbonyl (C=O) groups excluding carboxylic acids is 1. The highest BCUT2D eigenvalue weighted by Gasteiger charge is 2.14. The predicted molar refractivity (Wildman–Crippen MR) is 130 cm³/mol. The van der Waals surface area contributed by atoms with Gasteiger partial charge in [-0.1, -0.05) is 30.3 Å². The summed E-state index contributed by atoms with van der Waals surface area (Å²) >= 11 is 0. The molecule has 0 bridgehead atoms. The number of fused-ring (bicyclic) bond motifs is 1. The lowest BCUT2D eigenvalue weighted by Gasteiger charge is -2.11.